The van der Waals surface area contributed by atoms with Gasteiger partial charge in [0.05, 0.1) is 28.7 Å². The number of aromatic nitrogens is 1. The van der Waals surface area contributed by atoms with Crippen LogP contribution in [0.5, 0.6) is 5.75 Å². The first-order valence-electron chi connectivity index (χ1n) is 9.08. The van der Waals surface area contributed by atoms with Gasteiger partial charge in [-0.3, -0.25) is 19.5 Å². The summed E-state index contributed by atoms with van der Waals surface area (Å²) in [5.74, 6) is -0.441. The zero-order valence-corrected chi connectivity index (χ0v) is 16.2. The highest BCUT2D eigenvalue weighted by Gasteiger charge is 2.17. The summed E-state index contributed by atoms with van der Waals surface area (Å²) in [6, 6.07) is 10.9. The number of ether oxygens (including phenoxy) is 1. The highest BCUT2D eigenvalue weighted by Crippen LogP contribution is 2.21. The Balaban J connectivity index is 1.75. The molecule has 0 aliphatic rings. The number of nitrogens with zero attached hydrogens (tertiary/aromatic N) is 2. The molecule has 0 bridgehead atoms. The minimum Gasteiger partial charge on any atom is -0.491 e. The molecule has 0 fully saturated rings. The van der Waals surface area contributed by atoms with Crippen LogP contribution < -0.4 is 15.8 Å². The number of rotatable bonds is 7. The topological polar surface area (TPSA) is 117 Å². The van der Waals surface area contributed by atoms with Crippen LogP contribution in [0.1, 0.15) is 32.4 Å². The van der Waals surface area contributed by atoms with E-state index in [9.17, 15) is 19.7 Å². The van der Waals surface area contributed by atoms with Gasteiger partial charge < -0.3 is 14.5 Å². The van der Waals surface area contributed by atoms with Crippen LogP contribution in [0.15, 0.2) is 51.7 Å². The Morgan fingerprint density at radius 2 is 2.00 bits per heavy atom. The van der Waals surface area contributed by atoms with Gasteiger partial charge in [-0.05, 0) is 44.5 Å². The zero-order valence-electron chi connectivity index (χ0n) is 16.2. The molecule has 0 saturated carbocycles. The molecular formula is C20H21N3O6. The van der Waals surface area contributed by atoms with Crippen molar-refractivity contribution in [2.75, 3.05) is 0 Å². The molecule has 9 nitrogen and oxygen atoms in total. The number of amides is 1. The van der Waals surface area contributed by atoms with Gasteiger partial charge in [0.1, 0.15) is 12.3 Å². The van der Waals surface area contributed by atoms with Crippen molar-refractivity contribution in [1.82, 2.24) is 9.88 Å². The summed E-state index contributed by atoms with van der Waals surface area (Å²) < 4.78 is 11.8. The number of carbonyl (C=O) groups excluding carboxylic acids is 1. The monoisotopic (exact) mass is 399 g/mol. The second kappa shape index (κ2) is 8.17. The number of nitrogens with one attached hydrogen (secondary N) is 1. The summed E-state index contributed by atoms with van der Waals surface area (Å²) in [4.78, 5) is 34.8. The number of carbonyl (C=O) groups is 1. The van der Waals surface area contributed by atoms with Crippen LogP contribution in [0.25, 0.3) is 11.1 Å². The molecule has 1 amide bonds. The molecule has 152 valence electrons. The fraction of sp³-hybridized carbons (Fsp3) is 0.300. The lowest BCUT2D eigenvalue weighted by molar-refractivity contribution is -0.384. The second-order valence-electron chi connectivity index (χ2n) is 6.89. The number of nitro groups is 1. The standard InChI is InChI=1S/C20H21N3O6/c1-12(2)28-16-6-4-5-14(9-16)13(3)21-19(24)11-22-17-8-7-15(23(26)27)10-18(17)29-20(22)25/h4-10,12-13H,11H2,1-3H3,(H,21,24). The van der Waals surface area contributed by atoms with Crippen LogP contribution in [-0.2, 0) is 11.3 Å². The summed E-state index contributed by atoms with van der Waals surface area (Å²) in [7, 11) is 0. The predicted octanol–water partition coefficient (Wildman–Crippen LogP) is 3.17. The number of non-ortho nitro benzene ring substituents is 1. The van der Waals surface area contributed by atoms with E-state index in [0.29, 0.717) is 11.3 Å². The van der Waals surface area contributed by atoms with E-state index in [0.717, 1.165) is 16.2 Å². The highest BCUT2D eigenvalue weighted by atomic mass is 16.6. The minimum atomic E-state index is -0.754. The van der Waals surface area contributed by atoms with E-state index < -0.39 is 16.6 Å². The molecule has 29 heavy (non-hydrogen) atoms. The van der Waals surface area contributed by atoms with Crippen molar-refractivity contribution in [2.24, 2.45) is 0 Å². The first kappa shape index (κ1) is 20.1. The van der Waals surface area contributed by atoms with E-state index in [1.165, 1.54) is 12.1 Å². The third kappa shape index (κ3) is 4.63. The van der Waals surface area contributed by atoms with E-state index in [4.69, 9.17) is 9.15 Å². The quantitative estimate of drug-likeness (QED) is 0.482. The number of oxazole rings is 1. The summed E-state index contributed by atoms with van der Waals surface area (Å²) in [6.45, 7) is 5.42. The fourth-order valence-corrected chi connectivity index (χ4v) is 2.96. The van der Waals surface area contributed by atoms with Gasteiger partial charge in [0.25, 0.3) is 5.69 Å². The maximum Gasteiger partial charge on any atom is 0.420 e. The van der Waals surface area contributed by atoms with Crippen molar-refractivity contribution < 1.29 is 18.9 Å². The molecule has 1 unspecified atom stereocenters. The molecule has 1 atom stereocenters. The van der Waals surface area contributed by atoms with Gasteiger partial charge in [-0.25, -0.2) is 4.79 Å². The SMILES string of the molecule is CC(C)Oc1cccc(C(C)NC(=O)Cn2c(=O)oc3cc([N+](=O)[O-])ccc32)c1. The number of fused-ring (bicyclic) bond motifs is 1. The molecule has 3 aromatic rings. The van der Waals surface area contributed by atoms with E-state index in [1.807, 2.05) is 45.0 Å². The van der Waals surface area contributed by atoms with Gasteiger partial charge in [0.15, 0.2) is 5.58 Å². The number of benzene rings is 2. The Labute approximate surface area is 166 Å². The summed E-state index contributed by atoms with van der Waals surface area (Å²) in [5.41, 5.74) is 1.04. The van der Waals surface area contributed by atoms with Crippen LogP contribution >= 0.6 is 0 Å². The fourth-order valence-electron chi connectivity index (χ4n) is 2.96. The second-order valence-corrected chi connectivity index (χ2v) is 6.89. The van der Waals surface area contributed by atoms with Crippen LogP contribution in [0.3, 0.4) is 0 Å². The lowest BCUT2D eigenvalue weighted by Gasteiger charge is -2.16. The van der Waals surface area contributed by atoms with Crippen molar-refractivity contribution >= 4 is 22.7 Å². The zero-order chi connectivity index (χ0) is 21.1. The Bertz CT molecular complexity index is 1110. The van der Waals surface area contributed by atoms with Gasteiger partial charge >= 0.3 is 5.76 Å². The largest absolute Gasteiger partial charge is 0.491 e. The molecule has 1 aromatic heterocycles. The van der Waals surface area contributed by atoms with Crippen LogP contribution in [0, 0.1) is 10.1 Å². The van der Waals surface area contributed by atoms with Crippen molar-refractivity contribution in [2.45, 2.75) is 39.5 Å². The number of hydrogen-bond donors (Lipinski definition) is 1. The van der Waals surface area contributed by atoms with Crippen LogP contribution in [0.2, 0.25) is 0 Å². The summed E-state index contributed by atoms with van der Waals surface area (Å²) in [5, 5.41) is 13.7. The third-order valence-electron chi connectivity index (χ3n) is 4.27. The summed E-state index contributed by atoms with van der Waals surface area (Å²) >= 11 is 0. The van der Waals surface area contributed by atoms with E-state index in [1.54, 1.807) is 0 Å². The molecule has 3 rings (SSSR count). The van der Waals surface area contributed by atoms with E-state index >= 15 is 0 Å². The average molecular weight is 399 g/mol. The van der Waals surface area contributed by atoms with Gasteiger partial charge in [-0.15, -0.1) is 0 Å². The Hall–Kier alpha value is -3.62. The predicted molar refractivity (Wildman–Crippen MR) is 106 cm³/mol. The molecular weight excluding hydrogens is 378 g/mol. The molecule has 0 aliphatic carbocycles. The lowest BCUT2D eigenvalue weighted by Crippen LogP contribution is -2.32. The maximum absolute atomic E-state index is 12.5. The molecule has 0 saturated heterocycles. The maximum atomic E-state index is 12.5. The average Bonchev–Trinajstić information content (AvgIpc) is 2.95. The van der Waals surface area contributed by atoms with Gasteiger partial charge in [0.2, 0.25) is 5.91 Å². The van der Waals surface area contributed by atoms with E-state index in [2.05, 4.69) is 5.32 Å². The van der Waals surface area contributed by atoms with Gasteiger partial charge in [-0.2, -0.15) is 0 Å². The normalized spacial score (nSPS) is 12.1. The van der Waals surface area contributed by atoms with Crippen molar-refractivity contribution in [3.63, 3.8) is 0 Å². The van der Waals surface area contributed by atoms with Crippen molar-refractivity contribution in [3.05, 3.63) is 68.7 Å². The smallest absolute Gasteiger partial charge is 0.420 e. The molecule has 1 N–H and O–H groups in total. The minimum absolute atomic E-state index is 0.0345. The Morgan fingerprint density at radius 3 is 2.69 bits per heavy atom. The van der Waals surface area contributed by atoms with Gasteiger partial charge in [0, 0.05) is 6.07 Å². The van der Waals surface area contributed by atoms with Gasteiger partial charge in [-0.1, -0.05) is 12.1 Å². The molecule has 0 spiro atoms. The molecule has 9 heteroatoms. The summed E-state index contributed by atoms with van der Waals surface area (Å²) in [6.07, 6.45) is 0.0345. The first-order valence-corrected chi connectivity index (χ1v) is 9.08. The first-order chi connectivity index (χ1) is 13.7. The van der Waals surface area contributed by atoms with E-state index in [-0.39, 0.29) is 30.0 Å². The van der Waals surface area contributed by atoms with Crippen LogP contribution in [-0.4, -0.2) is 21.5 Å². The Morgan fingerprint density at radius 1 is 1.24 bits per heavy atom. The lowest BCUT2D eigenvalue weighted by atomic mass is 10.1. The molecule has 2 aromatic carbocycles. The molecule has 0 aliphatic heterocycles. The highest BCUT2D eigenvalue weighted by molar-refractivity contribution is 5.80. The van der Waals surface area contributed by atoms with Crippen molar-refractivity contribution in [1.29, 1.82) is 0 Å². The number of hydrogen-bond acceptors (Lipinski definition) is 6. The van der Waals surface area contributed by atoms with Crippen LogP contribution in [0.4, 0.5) is 5.69 Å². The van der Waals surface area contributed by atoms with Crippen molar-refractivity contribution in [3.8, 4) is 5.75 Å². The molecule has 1 heterocycles. The Kier molecular flexibility index (Phi) is 5.67. The third-order valence-corrected chi connectivity index (χ3v) is 4.27. The molecule has 0 radical (unpaired) electrons. The number of nitro benzene ring substituents is 1.